The van der Waals surface area contributed by atoms with E-state index in [1.165, 1.54) is 102 Å². The number of rotatable bonds is 10. The van der Waals surface area contributed by atoms with Crippen molar-refractivity contribution >= 4 is 0 Å². The molecule has 1 aromatic rings. The molecule has 0 unspecified atom stereocenters. The first-order chi connectivity index (χ1) is 15.0. The molecule has 2 aliphatic carbocycles. The summed E-state index contributed by atoms with van der Waals surface area (Å²) in [5.74, 6) is 1.48. The van der Waals surface area contributed by atoms with Gasteiger partial charge in [-0.05, 0) is 79.9 Å². The molecule has 0 aliphatic heterocycles. The Hall–Kier alpha value is -1.45. The number of hydrogen-bond acceptors (Lipinski definition) is 1. The standard InChI is InChI=1S/C27H39F3O/c1-2-3-4-5-7-18-27(19-8-6-9-20-27)23-14-10-21(11-15-23)22-12-16-24(17-13-22)31-26(30)25(28)29/h12-13,16-17,21,23H,2-11,14-15,18-20H2,1H3. The van der Waals surface area contributed by atoms with E-state index in [1.807, 2.05) is 12.1 Å². The first kappa shape index (κ1) is 24.2. The highest BCUT2D eigenvalue weighted by Crippen LogP contribution is 2.53. The molecule has 1 nitrogen and oxygen atoms in total. The molecule has 3 rings (SSSR count). The van der Waals surface area contributed by atoms with Crippen LogP contribution in [0, 0.1) is 11.3 Å². The summed E-state index contributed by atoms with van der Waals surface area (Å²) in [4.78, 5) is 0. The van der Waals surface area contributed by atoms with E-state index in [2.05, 4.69) is 11.7 Å². The summed E-state index contributed by atoms with van der Waals surface area (Å²) in [6, 6.07) is 5.20. The maximum absolute atomic E-state index is 13.0. The van der Waals surface area contributed by atoms with Gasteiger partial charge >= 0.3 is 12.1 Å². The molecule has 4 heteroatoms. The van der Waals surface area contributed by atoms with E-state index in [0.29, 0.717) is 11.3 Å². The van der Waals surface area contributed by atoms with Crippen LogP contribution in [0.1, 0.15) is 115 Å². The van der Waals surface area contributed by atoms with Crippen LogP contribution in [-0.2, 0) is 0 Å². The van der Waals surface area contributed by atoms with Crippen molar-refractivity contribution in [2.45, 2.75) is 109 Å². The van der Waals surface area contributed by atoms with E-state index in [0.717, 1.165) is 5.92 Å². The van der Waals surface area contributed by atoms with Crippen LogP contribution in [0.25, 0.3) is 0 Å². The zero-order valence-electron chi connectivity index (χ0n) is 19.1. The van der Waals surface area contributed by atoms with Gasteiger partial charge in [-0.1, -0.05) is 70.4 Å². The largest absolute Gasteiger partial charge is 0.428 e. The third-order valence-electron chi connectivity index (χ3n) is 7.93. The van der Waals surface area contributed by atoms with E-state index in [4.69, 9.17) is 0 Å². The van der Waals surface area contributed by atoms with E-state index in [-0.39, 0.29) is 5.75 Å². The van der Waals surface area contributed by atoms with Crippen LogP contribution in [-0.4, -0.2) is 0 Å². The number of ether oxygens (including phenoxy) is 1. The lowest BCUT2D eigenvalue weighted by Gasteiger charge is -2.47. The van der Waals surface area contributed by atoms with Gasteiger partial charge in [0.1, 0.15) is 5.75 Å². The molecule has 0 heterocycles. The third-order valence-corrected chi connectivity index (χ3v) is 7.93. The summed E-state index contributed by atoms with van der Waals surface area (Å²) in [6.07, 6.45) is 17.9. The Balaban J connectivity index is 1.54. The fraction of sp³-hybridized carbons (Fsp3) is 0.704. The maximum atomic E-state index is 13.0. The van der Waals surface area contributed by atoms with Gasteiger partial charge in [0.25, 0.3) is 0 Å². The summed E-state index contributed by atoms with van der Waals surface area (Å²) in [5.41, 5.74) is 1.79. The van der Waals surface area contributed by atoms with E-state index in [1.54, 1.807) is 12.1 Å². The Labute approximate surface area is 186 Å². The first-order valence-electron chi connectivity index (χ1n) is 12.5. The molecule has 0 atom stereocenters. The summed E-state index contributed by atoms with van der Waals surface area (Å²) >= 11 is 0. The van der Waals surface area contributed by atoms with Gasteiger partial charge < -0.3 is 4.74 Å². The fourth-order valence-corrected chi connectivity index (χ4v) is 6.19. The smallest absolute Gasteiger partial charge is 0.344 e. The van der Waals surface area contributed by atoms with Crippen molar-refractivity contribution in [3.8, 4) is 5.75 Å². The molecule has 174 valence electrons. The van der Waals surface area contributed by atoms with Crippen molar-refractivity contribution in [2.24, 2.45) is 11.3 Å². The van der Waals surface area contributed by atoms with Crippen molar-refractivity contribution in [3.63, 3.8) is 0 Å². The molecule has 0 bridgehead atoms. The van der Waals surface area contributed by atoms with Gasteiger partial charge in [0.2, 0.25) is 0 Å². The lowest BCUT2D eigenvalue weighted by molar-refractivity contribution is 0.0506. The fourth-order valence-electron chi connectivity index (χ4n) is 6.19. The Morgan fingerprint density at radius 1 is 0.871 bits per heavy atom. The van der Waals surface area contributed by atoms with Crippen LogP contribution < -0.4 is 4.74 Å². The SMILES string of the molecule is CCCCCCCC1(C2CCC(c3ccc(OC(F)=C(F)F)cc3)CC2)CCCCC1. The second kappa shape index (κ2) is 12.0. The maximum Gasteiger partial charge on any atom is 0.344 e. The van der Waals surface area contributed by atoms with E-state index < -0.39 is 12.1 Å². The van der Waals surface area contributed by atoms with Gasteiger partial charge in [-0.2, -0.15) is 13.2 Å². The molecule has 2 fully saturated rings. The Kier molecular flexibility index (Phi) is 9.34. The Morgan fingerprint density at radius 3 is 2.13 bits per heavy atom. The monoisotopic (exact) mass is 436 g/mol. The summed E-state index contributed by atoms with van der Waals surface area (Å²) < 4.78 is 42.0. The average Bonchev–Trinajstić information content (AvgIpc) is 2.80. The molecular formula is C27H39F3O. The second-order valence-corrected chi connectivity index (χ2v) is 9.84. The van der Waals surface area contributed by atoms with Crippen LogP contribution in [0.15, 0.2) is 36.4 Å². The predicted molar refractivity (Wildman–Crippen MR) is 121 cm³/mol. The highest BCUT2D eigenvalue weighted by molar-refractivity contribution is 5.30. The van der Waals surface area contributed by atoms with Crippen LogP contribution in [0.5, 0.6) is 5.75 Å². The number of benzene rings is 1. The molecular weight excluding hydrogens is 397 g/mol. The van der Waals surface area contributed by atoms with Crippen molar-refractivity contribution < 1.29 is 17.9 Å². The normalized spacial score (nSPS) is 23.4. The van der Waals surface area contributed by atoms with E-state index in [9.17, 15) is 13.2 Å². The van der Waals surface area contributed by atoms with Crippen LogP contribution in [0.2, 0.25) is 0 Å². The summed E-state index contributed by atoms with van der Waals surface area (Å²) in [6.45, 7) is 2.28. The highest BCUT2D eigenvalue weighted by atomic mass is 19.3. The quantitative estimate of drug-likeness (QED) is 0.262. The van der Waals surface area contributed by atoms with Crippen molar-refractivity contribution in [2.75, 3.05) is 0 Å². The average molecular weight is 437 g/mol. The number of hydrogen-bond donors (Lipinski definition) is 0. The van der Waals surface area contributed by atoms with Gasteiger partial charge in [0.05, 0.1) is 0 Å². The lowest BCUT2D eigenvalue weighted by atomic mass is 9.58. The molecule has 0 N–H and O–H groups in total. The van der Waals surface area contributed by atoms with Crippen LogP contribution >= 0.6 is 0 Å². The topological polar surface area (TPSA) is 9.23 Å². The molecule has 0 aromatic heterocycles. The molecule has 0 saturated heterocycles. The first-order valence-corrected chi connectivity index (χ1v) is 12.5. The minimum atomic E-state index is -2.43. The minimum Gasteiger partial charge on any atom is -0.428 e. The zero-order valence-corrected chi connectivity index (χ0v) is 19.1. The Morgan fingerprint density at radius 2 is 1.52 bits per heavy atom. The molecule has 31 heavy (non-hydrogen) atoms. The van der Waals surface area contributed by atoms with Gasteiger partial charge in [-0.25, -0.2) is 0 Å². The molecule has 2 aliphatic rings. The Bertz CT molecular complexity index is 679. The molecule has 0 amide bonds. The molecule has 0 radical (unpaired) electrons. The molecule has 1 aromatic carbocycles. The van der Waals surface area contributed by atoms with Gasteiger partial charge in [0.15, 0.2) is 0 Å². The zero-order chi connectivity index (χ0) is 22.1. The predicted octanol–water partition coefficient (Wildman–Crippen LogP) is 9.69. The lowest BCUT2D eigenvalue weighted by Crippen LogP contribution is -2.35. The van der Waals surface area contributed by atoms with Crippen LogP contribution in [0.4, 0.5) is 13.2 Å². The highest BCUT2D eigenvalue weighted by Gasteiger charge is 2.40. The van der Waals surface area contributed by atoms with Crippen molar-refractivity contribution in [3.05, 3.63) is 41.9 Å². The number of halogens is 3. The second-order valence-electron chi connectivity index (χ2n) is 9.84. The third kappa shape index (κ3) is 6.76. The van der Waals surface area contributed by atoms with Gasteiger partial charge in [-0.15, -0.1) is 0 Å². The minimum absolute atomic E-state index is 0.118. The van der Waals surface area contributed by atoms with Crippen molar-refractivity contribution in [1.82, 2.24) is 0 Å². The van der Waals surface area contributed by atoms with Crippen LogP contribution in [0.3, 0.4) is 0 Å². The summed E-state index contributed by atoms with van der Waals surface area (Å²) in [5, 5.41) is 0. The number of unbranched alkanes of at least 4 members (excludes halogenated alkanes) is 4. The molecule has 2 saturated carbocycles. The van der Waals surface area contributed by atoms with Gasteiger partial charge in [-0.3, -0.25) is 0 Å². The van der Waals surface area contributed by atoms with E-state index >= 15 is 0 Å². The van der Waals surface area contributed by atoms with Crippen molar-refractivity contribution in [1.29, 1.82) is 0 Å². The molecule has 0 spiro atoms. The summed E-state index contributed by atoms with van der Waals surface area (Å²) in [7, 11) is 0. The van der Waals surface area contributed by atoms with Gasteiger partial charge in [0, 0.05) is 0 Å².